The zero-order valence-corrected chi connectivity index (χ0v) is 14.6. The molecule has 1 saturated heterocycles. The van der Waals surface area contributed by atoms with E-state index in [1.807, 2.05) is 20.9 Å². The number of imide groups is 1. The van der Waals surface area contributed by atoms with Crippen LogP contribution in [0.25, 0.3) is 0 Å². The zero-order valence-electron chi connectivity index (χ0n) is 14.6. The lowest BCUT2D eigenvalue weighted by Crippen LogP contribution is -2.44. The van der Waals surface area contributed by atoms with Gasteiger partial charge in [0.05, 0.1) is 6.04 Å². The number of amides is 2. The summed E-state index contributed by atoms with van der Waals surface area (Å²) >= 11 is 0. The van der Waals surface area contributed by atoms with Crippen molar-refractivity contribution in [2.45, 2.75) is 71.9 Å². The molecule has 0 aromatic carbocycles. The molecule has 1 atom stereocenters. The quantitative estimate of drug-likeness (QED) is 0.484. The van der Waals surface area contributed by atoms with Crippen LogP contribution >= 0.6 is 0 Å². The number of Topliss-reactive ketones (excluding diaryl/α,β-unsaturated/α-hetero) is 1. The molecule has 1 aliphatic rings. The van der Waals surface area contributed by atoms with Gasteiger partial charge < -0.3 is 0 Å². The van der Waals surface area contributed by atoms with Crippen molar-refractivity contribution in [1.82, 2.24) is 9.80 Å². The van der Waals surface area contributed by atoms with Crippen LogP contribution in [0, 0.1) is 5.92 Å². The summed E-state index contributed by atoms with van der Waals surface area (Å²) in [6, 6.07) is 0.236. The minimum atomic E-state index is -0.0787. The molecular weight excluding hydrogens is 280 g/mol. The molecule has 1 fully saturated rings. The minimum absolute atomic E-state index is 0.0212. The van der Waals surface area contributed by atoms with Gasteiger partial charge in [-0.3, -0.25) is 24.2 Å². The summed E-state index contributed by atoms with van der Waals surface area (Å²) in [6.45, 7) is 8.53. The van der Waals surface area contributed by atoms with Crippen molar-refractivity contribution in [1.29, 1.82) is 0 Å². The van der Waals surface area contributed by atoms with Gasteiger partial charge in [-0.25, -0.2) is 0 Å². The first-order valence-corrected chi connectivity index (χ1v) is 8.34. The smallest absolute Gasteiger partial charge is 0.229 e. The van der Waals surface area contributed by atoms with Crippen molar-refractivity contribution in [2.75, 3.05) is 13.6 Å². The van der Waals surface area contributed by atoms with Crippen molar-refractivity contribution in [3.63, 3.8) is 0 Å². The highest BCUT2D eigenvalue weighted by Gasteiger charge is 2.29. The summed E-state index contributed by atoms with van der Waals surface area (Å²) in [5.41, 5.74) is 0. The molecule has 0 aromatic heterocycles. The second kappa shape index (κ2) is 8.42. The lowest BCUT2D eigenvalue weighted by molar-refractivity contribution is -0.138. The molecule has 2 amide bonds. The predicted molar refractivity (Wildman–Crippen MR) is 86.3 cm³/mol. The van der Waals surface area contributed by atoms with Gasteiger partial charge in [-0.2, -0.15) is 0 Å². The molecule has 0 saturated carbocycles. The van der Waals surface area contributed by atoms with E-state index in [0.29, 0.717) is 25.4 Å². The van der Waals surface area contributed by atoms with Crippen LogP contribution in [0.5, 0.6) is 0 Å². The number of carbonyl (C=O) groups is 3. The first-order valence-electron chi connectivity index (χ1n) is 8.34. The zero-order chi connectivity index (χ0) is 16.9. The van der Waals surface area contributed by atoms with E-state index in [1.165, 1.54) is 4.90 Å². The molecule has 5 nitrogen and oxygen atoms in total. The maximum absolute atomic E-state index is 12.4. The Hall–Kier alpha value is -1.23. The van der Waals surface area contributed by atoms with Gasteiger partial charge in [0, 0.05) is 31.3 Å². The van der Waals surface area contributed by atoms with Gasteiger partial charge >= 0.3 is 0 Å². The molecule has 0 radical (unpaired) electrons. The average molecular weight is 310 g/mol. The Morgan fingerprint density at radius 2 is 1.64 bits per heavy atom. The second-order valence-electron chi connectivity index (χ2n) is 6.77. The molecule has 0 aliphatic carbocycles. The highest BCUT2D eigenvalue weighted by atomic mass is 16.2. The number of unbranched alkanes of at least 4 members (excludes halogenated alkanes) is 1. The molecule has 0 aromatic rings. The second-order valence-corrected chi connectivity index (χ2v) is 6.77. The van der Waals surface area contributed by atoms with E-state index in [-0.39, 0.29) is 29.6 Å². The molecule has 22 heavy (non-hydrogen) atoms. The number of nitrogens with zero attached hydrogens (tertiary/aromatic N) is 2. The van der Waals surface area contributed by atoms with Crippen molar-refractivity contribution < 1.29 is 14.4 Å². The van der Waals surface area contributed by atoms with Gasteiger partial charge in [0.1, 0.15) is 0 Å². The molecule has 126 valence electrons. The van der Waals surface area contributed by atoms with E-state index in [9.17, 15) is 14.4 Å². The summed E-state index contributed by atoms with van der Waals surface area (Å²) in [6.07, 6.45) is 3.09. The fourth-order valence-corrected chi connectivity index (χ4v) is 2.77. The summed E-state index contributed by atoms with van der Waals surface area (Å²) in [5, 5.41) is 0. The Morgan fingerprint density at radius 1 is 1.09 bits per heavy atom. The highest BCUT2D eigenvalue weighted by molar-refractivity contribution is 6.01. The molecule has 1 aliphatic heterocycles. The van der Waals surface area contributed by atoms with E-state index in [4.69, 9.17) is 0 Å². The lowest BCUT2D eigenvalue weighted by Gasteiger charge is -2.31. The number of hydrogen-bond acceptors (Lipinski definition) is 4. The normalized spacial score (nSPS) is 17.2. The largest absolute Gasteiger partial charge is 0.298 e. The number of likely N-dealkylation sites (tertiary alicyclic amines) is 1. The predicted octanol–water partition coefficient (Wildman–Crippen LogP) is 2.24. The van der Waals surface area contributed by atoms with Crippen molar-refractivity contribution in [3.8, 4) is 0 Å². The van der Waals surface area contributed by atoms with Crippen LogP contribution in [-0.4, -0.2) is 53.1 Å². The summed E-state index contributed by atoms with van der Waals surface area (Å²) in [7, 11) is 1.99. The van der Waals surface area contributed by atoms with Crippen molar-refractivity contribution in [2.24, 2.45) is 5.92 Å². The first-order chi connectivity index (χ1) is 10.3. The number of ketones is 1. The van der Waals surface area contributed by atoms with Crippen LogP contribution < -0.4 is 0 Å². The van der Waals surface area contributed by atoms with Gasteiger partial charge in [-0.05, 0) is 40.2 Å². The topological polar surface area (TPSA) is 57.7 Å². The molecule has 5 heteroatoms. The fourth-order valence-electron chi connectivity index (χ4n) is 2.77. The Bertz CT molecular complexity index is 402. The van der Waals surface area contributed by atoms with Gasteiger partial charge in [0.25, 0.3) is 0 Å². The van der Waals surface area contributed by atoms with E-state index in [0.717, 1.165) is 19.3 Å². The number of rotatable bonds is 9. The summed E-state index contributed by atoms with van der Waals surface area (Å²) in [5.74, 6) is 0.177. The SMILES string of the molecule is CC(C)C(=O)C(CCCCN1C(=O)CCC1=O)N(C)C(C)C. The van der Waals surface area contributed by atoms with E-state index in [2.05, 4.69) is 18.7 Å². The third kappa shape index (κ3) is 4.90. The summed E-state index contributed by atoms with van der Waals surface area (Å²) in [4.78, 5) is 39.0. The lowest BCUT2D eigenvalue weighted by atomic mass is 9.95. The van der Waals surface area contributed by atoms with Gasteiger partial charge in [-0.1, -0.05) is 13.8 Å². The monoisotopic (exact) mass is 310 g/mol. The fraction of sp³-hybridized carbons (Fsp3) is 0.824. The maximum Gasteiger partial charge on any atom is 0.229 e. The van der Waals surface area contributed by atoms with Crippen LogP contribution in [0.15, 0.2) is 0 Å². The van der Waals surface area contributed by atoms with Crippen LogP contribution in [0.4, 0.5) is 0 Å². The molecule has 1 unspecified atom stereocenters. The van der Waals surface area contributed by atoms with Crippen molar-refractivity contribution >= 4 is 17.6 Å². The van der Waals surface area contributed by atoms with Crippen molar-refractivity contribution in [3.05, 3.63) is 0 Å². The van der Waals surface area contributed by atoms with Crippen LogP contribution in [-0.2, 0) is 14.4 Å². The third-order valence-corrected chi connectivity index (χ3v) is 4.47. The van der Waals surface area contributed by atoms with Crippen LogP contribution in [0.3, 0.4) is 0 Å². The third-order valence-electron chi connectivity index (χ3n) is 4.47. The number of hydrogen-bond donors (Lipinski definition) is 0. The van der Waals surface area contributed by atoms with Crippen LogP contribution in [0.1, 0.15) is 59.8 Å². The molecule has 1 heterocycles. The number of likely N-dealkylation sites (N-methyl/N-ethyl adjacent to an activating group) is 1. The average Bonchev–Trinajstić information content (AvgIpc) is 2.77. The standard InChI is InChI=1S/C17H30N2O3/c1-12(2)17(22)14(18(5)13(3)4)8-6-7-11-19-15(20)9-10-16(19)21/h12-14H,6-11H2,1-5H3. The molecular formula is C17H30N2O3. The summed E-state index contributed by atoms with van der Waals surface area (Å²) < 4.78 is 0. The van der Waals surface area contributed by atoms with Gasteiger partial charge in [-0.15, -0.1) is 0 Å². The Balaban J connectivity index is 2.48. The first kappa shape index (κ1) is 18.8. The van der Waals surface area contributed by atoms with Gasteiger partial charge in [0.2, 0.25) is 11.8 Å². The van der Waals surface area contributed by atoms with E-state index >= 15 is 0 Å². The maximum atomic E-state index is 12.4. The van der Waals surface area contributed by atoms with E-state index < -0.39 is 0 Å². The van der Waals surface area contributed by atoms with Gasteiger partial charge in [0.15, 0.2) is 5.78 Å². The molecule has 1 rings (SSSR count). The Kier molecular flexibility index (Phi) is 7.20. The Morgan fingerprint density at radius 3 is 2.09 bits per heavy atom. The minimum Gasteiger partial charge on any atom is -0.298 e. The van der Waals surface area contributed by atoms with E-state index in [1.54, 1.807) is 0 Å². The molecule has 0 N–H and O–H groups in total. The molecule has 0 bridgehead atoms. The molecule has 0 spiro atoms. The highest BCUT2D eigenvalue weighted by Crippen LogP contribution is 2.17. The van der Waals surface area contributed by atoms with Crippen LogP contribution in [0.2, 0.25) is 0 Å². The Labute approximate surface area is 134 Å². The number of carbonyl (C=O) groups excluding carboxylic acids is 3.